The third kappa shape index (κ3) is 4.80. The molecule has 1 atom stereocenters. The van der Waals surface area contributed by atoms with Crippen molar-refractivity contribution in [3.63, 3.8) is 0 Å². The van der Waals surface area contributed by atoms with Crippen LogP contribution in [0, 0.1) is 6.92 Å². The molecule has 2 aromatic carbocycles. The number of nitrogens with zero attached hydrogens (tertiary/aromatic N) is 1. The largest absolute Gasteiger partial charge is 0.507 e. The second-order valence-corrected chi connectivity index (χ2v) is 7.58. The van der Waals surface area contributed by atoms with Crippen LogP contribution in [0.3, 0.4) is 0 Å². The number of carbonyl (C=O) groups is 2. The summed E-state index contributed by atoms with van der Waals surface area (Å²) in [6.07, 6.45) is 1.49. The van der Waals surface area contributed by atoms with Gasteiger partial charge in [-0.3, -0.25) is 9.59 Å². The molecular formula is C25H29NO5. The van der Waals surface area contributed by atoms with E-state index in [0.717, 1.165) is 23.3 Å². The molecule has 1 fully saturated rings. The van der Waals surface area contributed by atoms with Crippen LogP contribution >= 0.6 is 0 Å². The van der Waals surface area contributed by atoms with E-state index >= 15 is 0 Å². The smallest absolute Gasteiger partial charge is 0.295 e. The van der Waals surface area contributed by atoms with Gasteiger partial charge in [-0.05, 0) is 49.1 Å². The number of aryl methyl sites for hydroxylation is 1. The second kappa shape index (κ2) is 10.3. The molecule has 0 radical (unpaired) electrons. The Morgan fingerprint density at radius 1 is 1.10 bits per heavy atom. The lowest BCUT2D eigenvalue weighted by molar-refractivity contribution is -0.140. The zero-order valence-electron chi connectivity index (χ0n) is 18.3. The Kier molecular flexibility index (Phi) is 7.47. The summed E-state index contributed by atoms with van der Waals surface area (Å²) in [5.74, 6) is -0.719. The number of aliphatic hydroxyl groups excluding tert-OH is 1. The van der Waals surface area contributed by atoms with Crippen molar-refractivity contribution in [3.05, 3.63) is 70.8 Å². The summed E-state index contributed by atoms with van der Waals surface area (Å²) in [7, 11) is 1.60. The minimum absolute atomic E-state index is 0.107. The van der Waals surface area contributed by atoms with E-state index in [4.69, 9.17) is 9.47 Å². The third-order valence-electron chi connectivity index (χ3n) is 5.31. The molecule has 1 unspecified atom stereocenters. The number of carbonyl (C=O) groups excluding carboxylic acids is 2. The molecule has 31 heavy (non-hydrogen) atoms. The van der Waals surface area contributed by atoms with E-state index in [0.29, 0.717) is 31.7 Å². The van der Waals surface area contributed by atoms with Gasteiger partial charge in [0.15, 0.2) is 0 Å². The van der Waals surface area contributed by atoms with Crippen LogP contribution in [-0.2, 0) is 14.3 Å². The van der Waals surface area contributed by atoms with Gasteiger partial charge in [-0.25, -0.2) is 0 Å². The first-order valence-electron chi connectivity index (χ1n) is 10.6. The minimum atomic E-state index is -0.673. The number of likely N-dealkylation sites (tertiary alicyclic amines) is 1. The fourth-order valence-corrected chi connectivity index (χ4v) is 3.80. The molecule has 1 aliphatic heterocycles. The Morgan fingerprint density at radius 3 is 2.48 bits per heavy atom. The normalized spacial score (nSPS) is 17.9. The lowest BCUT2D eigenvalue weighted by Crippen LogP contribution is -2.31. The number of ether oxygens (including phenoxy) is 2. The molecule has 1 heterocycles. The maximum absolute atomic E-state index is 13.0. The number of hydrogen-bond acceptors (Lipinski definition) is 5. The minimum Gasteiger partial charge on any atom is -0.507 e. The van der Waals surface area contributed by atoms with E-state index in [1.165, 1.54) is 4.90 Å². The first kappa shape index (κ1) is 22.6. The molecule has 1 aliphatic rings. The van der Waals surface area contributed by atoms with Crippen molar-refractivity contribution < 1.29 is 24.2 Å². The maximum Gasteiger partial charge on any atom is 0.295 e. The van der Waals surface area contributed by atoms with E-state index in [1.807, 2.05) is 44.2 Å². The second-order valence-electron chi connectivity index (χ2n) is 7.58. The first-order valence-corrected chi connectivity index (χ1v) is 10.6. The molecule has 0 saturated carbocycles. The number of rotatable bonds is 9. The summed E-state index contributed by atoms with van der Waals surface area (Å²) < 4.78 is 10.8. The van der Waals surface area contributed by atoms with Crippen molar-refractivity contribution in [2.45, 2.75) is 32.7 Å². The van der Waals surface area contributed by atoms with Crippen LogP contribution in [0.2, 0.25) is 0 Å². The Hall–Kier alpha value is -3.12. The number of aliphatic hydroxyl groups is 1. The van der Waals surface area contributed by atoms with Gasteiger partial charge in [0, 0.05) is 25.8 Å². The van der Waals surface area contributed by atoms with Crippen LogP contribution in [0.25, 0.3) is 5.76 Å². The van der Waals surface area contributed by atoms with Crippen LogP contribution in [0.1, 0.15) is 42.5 Å². The number of methoxy groups -OCH3 is 1. The SMILES string of the molecule is CCCOc1ccc(/C(O)=C2/C(=O)C(=O)N(CCCOC)C2c2ccccc2)cc1C. The Balaban J connectivity index is 2.05. The van der Waals surface area contributed by atoms with E-state index in [2.05, 4.69) is 0 Å². The number of hydrogen-bond donors (Lipinski definition) is 1. The summed E-state index contributed by atoms with van der Waals surface area (Å²) in [4.78, 5) is 27.3. The predicted octanol–water partition coefficient (Wildman–Crippen LogP) is 4.24. The average molecular weight is 424 g/mol. The molecule has 6 heteroatoms. The molecular weight excluding hydrogens is 394 g/mol. The quantitative estimate of drug-likeness (QED) is 0.283. The summed E-state index contributed by atoms with van der Waals surface area (Å²) in [6.45, 7) is 5.36. The van der Waals surface area contributed by atoms with Crippen LogP contribution in [-0.4, -0.2) is 48.6 Å². The Labute approximate surface area is 183 Å². The standard InChI is InChI=1S/C25H29NO5/c1-4-14-31-20-12-11-19(16-17(20)2)23(27)21-22(18-9-6-5-7-10-18)26(13-8-15-30-3)25(29)24(21)28/h5-7,9-12,16,22,27H,4,8,13-15H2,1-3H3/b23-21-. The lowest BCUT2D eigenvalue weighted by Gasteiger charge is -2.25. The van der Waals surface area contributed by atoms with E-state index in [-0.39, 0.29) is 11.3 Å². The van der Waals surface area contributed by atoms with Crippen molar-refractivity contribution in [3.8, 4) is 5.75 Å². The summed E-state index contributed by atoms with van der Waals surface area (Å²) in [5.41, 5.74) is 2.22. The van der Waals surface area contributed by atoms with Gasteiger partial charge in [0.2, 0.25) is 0 Å². The Bertz CT molecular complexity index is 967. The van der Waals surface area contributed by atoms with Crippen LogP contribution in [0.15, 0.2) is 54.1 Å². The van der Waals surface area contributed by atoms with Gasteiger partial charge >= 0.3 is 0 Å². The van der Waals surface area contributed by atoms with Crippen molar-refractivity contribution >= 4 is 17.4 Å². The molecule has 164 valence electrons. The third-order valence-corrected chi connectivity index (χ3v) is 5.31. The highest BCUT2D eigenvalue weighted by Gasteiger charge is 2.45. The lowest BCUT2D eigenvalue weighted by atomic mass is 9.95. The molecule has 0 bridgehead atoms. The maximum atomic E-state index is 13.0. The topological polar surface area (TPSA) is 76.1 Å². The zero-order chi connectivity index (χ0) is 22.4. The summed E-state index contributed by atoms with van der Waals surface area (Å²) >= 11 is 0. The van der Waals surface area contributed by atoms with E-state index in [9.17, 15) is 14.7 Å². The molecule has 1 N–H and O–H groups in total. The highest BCUT2D eigenvalue weighted by molar-refractivity contribution is 6.46. The predicted molar refractivity (Wildman–Crippen MR) is 119 cm³/mol. The van der Waals surface area contributed by atoms with Gasteiger partial charge in [0.1, 0.15) is 11.5 Å². The molecule has 0 aromatic heterocycles. The monoisotopic (exact) mass is 423 g/mol. The molecule has 0 aliphatic carbocycles. The van der Waals surface area contributed by atoms with Gasteiger partial charge in [0.05, 0.1) is 18.2 Å². The number of amides is 1. The van der Waals surface area contributed by atoms with Crippen LogP contribution < -0.4 is 4.74 Å². The Morgan fingerprint density at radius 2 is 1.84 bits per heavy atom. The molecule has 2 aromatic rings. The molecule has 0 spiro atoms. The van der Waals surface area contributed by atoms with Crippen molar-refractivity contribution in [2.24, 2.45) is 0 Å². The fraction of sp³-hybridized carbons (Fsp3) is 0.360. The molecule has 1 saturated heterocycles. The van der Waals surface area contributed by atoms with Gasteiger partial charge < -0.3 is 19.5 Å². The van der Waals surface area contributed by atoms with Gasteiger partial charge in [-0.2, -0.15) is 0 Å². The highest BCUT2D eigenvalue weighted by Crippen LogP contribution is 2.39. The summed E-state index contributed by atoms with van der Waals surface area (Å²) in [5, 5.41) is 11.1. The van der Waals surface area contributed by atoms with E-state index < -0.39 is 17.7 Å². The molecule has 6 nitrogen and oxygen atoms in total. The van der Waals surface area contributed by atoms with Gasteiger partial charge in [0.25, 0.3) is 11.7 Å². The van der Waals surface area contributed by atoms with Gasteiger partial charge in [-0.1, -0.05) is 37.3 Å². The fourth-order valence-electron chi connectivity index (χ4n) is 3.80. The molecule has 1 amide bonds. The summed E-state index contributed by atoms with van der Waals surface area (Å²) in [6, 6.07) is 13.9. The molecule has 3 rings (SSSR count). The zero-order valence-corrected chi connectivity index (χ0v) is 18.3. The van der Waals surface area contributed by atoms with Gasteiger partial charge in [-0.15, -0.1) is 0 Å². The van der Waals surface area contributed by atoms with E-state index in [1.54, 1.807) is 25.3 Å². The number of ketones is 1. The average Bonchev–Trinajstić information content (AvgIpc) is 3.03. The highest BCUT2D eigenvalue weighted by atomic mass is 16.5. The first-order chi connectivity index (χ1) is 15.0. The number of benzene rings is 2. The van der Waals surface area contributed by atoms with Crippen LogP contribution in [0.5, 0.6) is 5.75 Å². The van der Waals surface area contributed by atoms with Crippen molar-refractivity contribution in [1.29, 1.82) is 0 Å². The van der Waals surface area contributed by atoms with Crippen LogP contribution in [0.4, 0.5) is 0 Å². The van der Waals surface area contributed by atoms with Crippen molar-refractivity contribution in [2.75, 3.05) is 26.9 Å². The van der Waals surface area contributed by atoms with Crippen molar-refractivity contribution in [1.82, 2.24) is 4.90 Å². The number of Topliss-reactive ketones (excluding diaryl/α,β-unsaturated/α-hetero) is 1.